The molecule has 1 aliphatic rings. The molecule has 2 aromatic carbocycles. The van der Waals surface area contributed by atoms with Gasteiger partial charge in [0.1, 0.15) is 0 Å². The number of nitrogens with one attached hydrogen (secondary N) is 1. The molecule has 0 bridgehead atoms. The van der Waals surface area contributed by atoms with E-state index in [2.05, 4.69) is 36.2 Å². The van der Waals surface area contributed by atoms with Gasteiger partial charge in [-0.05, 0) is 79.1 Å². The number of anilines is 1. The van der Waals surface area contributed by atoms with Crippen molar-refractivity contribution in [1.29, 1.82) is 0 Å². The maximum absolute atomic E-state index is 13.1. The van der Waals surface area contributed by atoms with Crippen LogP contribution < -0.4 is 10.2 Å². The number of halogens is 6. The van der Waals surface area contributed by atoms with Gasteiger partial charge in [0.05, 0.1) is 11.1 Å². The molecule has 0 fully saturated rings. The van der Waals surface area contributed by atoms with E-state index < -0.39 is 23.5 Å². The minimum Gasteiger partial charge on any atom is -0.372 e. The lowest BCUT2D eigenvalue weighted by Gasteiger charge is -2.27. The Morgan fingerprint density at radius 1 is 0.812 bits per heavy atom. The van der Waals surface area contributed by atoms with E-state index in [0.29, 0.717) is 6.54 Å². The van der Waals surface area contributed by atoms with Gasteiger partial charge >= 0.3 is 12.4 Å². The number of fused-ring (bicyclic) bond motifs is 1. The Bertz CT molecular complexity index is 901. The molecule has 1 aliphatic carbocycles. The molecule has 0 heterocycles. The first-order valence-electron chi connectivity index (χ1n) is 10.9. The highest BCUT2D eigenvalue weighted by Crippen LogP contribution is 2.36. The van der Waals surface area contributed by atoms with Gasteiger partial charge < -0.3 is 10.2 Å². The van der Waals surface area contributed by atoms with E-state index in [4.69, 9.17) is 0 Å². The predicted octanol–water partition coefficient (Wildman–Crippen LogP) is 6.74. The number of benzene rings is 2. The average Bonchev–Trinajstić information content (AvgIpc) is 3.17. The Kier molecular flexibility index (Phi) is 7.43. The average molecular weight is 458 g/mol. The van der Waals surface area contributed by atoms with Crippen LogP contribution in [-0.4, -0.2) is 13.1 Å². The molecule has 2 nitrogen and oxygen atoms in total. The second-order valence-corrected chi connectivity index (χ2v) is 8.20. The van der Waals surface area contributed by atoms with Gasteiger partial charge in [0.15, 0.2) is 0 Å². The number of aryl methyl sites for hydroxylation is 2. The standard InChI is InChI=1S/C24H28F6N2/c1-3-8-32(4-2)22-12-18-7-5-6-17(18)11-19(22)15-31-14-16-9-20(23(25,26)27)13-21(10-16)24(28,29)30/h9-13,31H,3-8,14-15H2,1-2H3. The van der Waals surface area contributed by atoms with Crippen molar-refractivity contribution in [3.8, 4) is 0 Å². The summed E-state index contributed by atoms with van der Waals surface area (Å²) in [5.74, 6) is 0. The molecule has 0 radical (unpaired) electrons. The predicted molar refractivity (Wildman–Crippen MR) is 114 cm³/mol. The third-order valence-electron chi connectivity index (χ3n) is 5.80. The van der Waals surface area contributed by atoms with Gasteiger partial charge in [0.25, 0.3) is 0 Å². The summed E-state index contributed by atoms with van der Waals surface area (Å²) in [7, 11) is 0. The van der Waals surface area contributed by atoms with Crippen LogP contribution in [0.15, 0.2) is 30.3 Å². The van der Waals surface area contributed by atoms with Crippen molar-refractivity contribution in [2.75, 3.05) is 18.0 Å². The van der Waals surface area contributed by atoms with Gasteiger partial charge in [-0.3, -0.25) is 0 Å². The molecule has 0 saturated carbocycles. The lowest BCUT2D eigenvalue weighted by atomic mass is 10.0. The summed E-state index contributed by atoms with van der Waals surface area (Å²) < 4.78 is 78.7. The van der Waals surface area contributed by atoms with Crippen molar-refractivity contribution in [2.45, 2.75) is 65.0 Å². The van der Waals surface area contributed by atoms with Crippen LogP contribution in [0.3, 0.4) is 0 Å². The SMILES string of the molecule is CCCN(CC)c1cc2c(cc1CNCc1cc(C(F)(F)F)cc(C(F)(F)F)c1)CCC2. The summed E-state index contributed by atoms with van der Waals surface area (Å²) in [6.07, 6.45) is -5.59. The van der Waals surface area contributed by atoms with Crippen LogP contribution in [0, 0.1) is 0 Å². The van der Waals surface area contributed by atoms with Crippen LogP contribution in [0.4, 0.5) is 32.0 Å². The lowest BCUT2D eigenvalue weighted by Crippen LogP contribution is -2.26. The second kappa shape index (κ2) is 9.73. The van der Waals surface area contributed by atoms with Gasteiger partial charge in [-0.1, -0.05) is 13.0 Å². The van der Waals surface area contributed by atoms with Crippen LogP contribution in [0.5, 0.6) is 0 Å². The maximum Gasteiger partial charge on any atom is 0.416 e. The largest absolute Gasteiger partial charge is 0.416 e. The van der Waals surface area contributed by atoms with E-state index in [-0.39, 0.29) is 18.2 Å². The topological polar surface area (TPSA) is 15.3 Å². The zero-order valence-electron chi connectivity index (χ0n) is 18.3. The van der Waals surface area contributed by atoms with Crippen molar-refractivity contribution in [3.05, 3.63) is 63.7 Å². The van der Waals surface area contributed by atoms with Crippen LogP contribution in [0.25, 0.3) is 0 Å². The summed E-state index contributed by atoms with van der Waals surface area (Å²) >= 11 is 0. The fourth-order valence-corrected chi connectivity index (χ4v) is 4.28. The molecule has 0 aliphatic heterocycles. The summed E-state index contributed by atoms with van der Waals surface area (Å²) in [5.41, 5.74) is 2.08. The van der Waals surface area contributed by atoms with Gasteiger partial charge in [0.2, 0.25) is 0 Å². The summed E-state index contributed by atoms with van der Waals surface area (Å²) in [5, 5.41) is 3.07. The fourth-order valence-electron chi connectivity index (χ4n) is 4.28. The zero-order chi connectivity index (χ0) is 23.5. The Morgan fingerprint density at radius 2 is 1.41 bits per heavy atom. The summed E-state index contributed by atoms with van der Waals surface area (Å²) in [6, 6.07) is 6.05. The smallest absolute Gasteiger partial charge is 0.372 e. The van der Waals surface area contributed by atoms with Gasteiger partial charge in [-0.25, -0.2) is 0 Å². The number of hydrogen-bond acceptors (Lipinski definition) is 2. The molecule has 32 heavy (non-hydrogen) atoms. The molecule has 0 unspecified atom stereocenters. The molecule has 0 aromatic heterocycles. The summed E-state index contributed by atoms with van der Waals surface area (Å²) in [6.45, 7) is 6.14. The van der Waals surface area contributed by atoms with Crippen molar-refractivity contribution in [1.82, 2.24) is 5.32 Å². The van der Waals surface area contributed by atoms with E-state index in [0.717, 1.165) is 62.2 Å². The van der Waals surface area contributed by atoms with E-state index >= 15 is 0 Å². The third-order valence-corrected chi connectivity index (χ3v) is 5.80. The Hall–Kier alpha value is -2.22. The van der Waals surface area contributed by atoms with Crippen LogP contribution in [0.1, 0.15) is 60.1 Å². The number of nitrogens with zero attached hydrogens (tertiary/aromatic N) is 1. The highest BCUT2D eigenvalue weighted by Gasteiger charge is 2.36. The van der Waals surface area contributed by atoms with Crippen molar-refractivity contribution in [2.24, 2.45) is 0 Å². The normalized spacial score (nSPS) is 14.0. The van der Waals surface area contributed by atoms with Crippen LogP contribution >= 0.6 is 0 Å². The monoisotopic (exact) mass is 458 g/mol. The molecule has 0 spiro atoms. The molecular weight excluding hydrogens is 430 g/mol. The molecule has 0 amide bonds. The molecule has 0 saturated heterocycles. The Labute approximate surface area is 184 Å². The van der Waals surface area contributed by atoms with E-state index in [1.807, 2.05) is 0 Å². The maximum atomic E-state index is 13.1. The van der Waals surface area contributed by atoms with E-state index in [9.17, 15) is 26.3 Å². The minimum absolute atomic E-state index is 0.0456. The number of alkyl halides is 6. The molecule has 3 rings (SSSR count). The van der Waals surface area contributed by atoms with Crippen LogP contribution in [-0.2, 0) is 38.3 Å². The highest BCUT2D eigenvalue weighted by atomic mass is 19.4. The third kappa shape index (κ3) is 5.77. The summed E-state index contributed by atoms with van der Waals surface area (Å²) in [4.78, 5) is 2.27. The number of rotatable bonds is 8. The van der Waals surface area contributed by atoms with Crippen molar-refractivity contribution >= 4 is 5.69 Å². The first-order chi connectivity index (χ1) is 15.0. The Balaban J connectivity index is 1.83. The molecule has 8 heteroatoms. The van der Waals surface area contributed by atoms with Crippen LogP contribution in [0.2, 0.25) is 0 Å². The first-order valence-corrected chi connectivity index (χ1v) is 10.9. The van der Waals surface area contributed by atoms with E-state index in [1.165, 1.54) is 11.1 Å². The lowest BCUT2D eigenvalue weighted by molar-refractivity contribution is -0.143. The molecule has 1 N–H and O–H groups in total. The fraction of sp³-hybridized carbons (Fsp3) is 0.500. The molecular formula is C24H28F6N2. The molecule has 0 atom stereocenters. The number of hydrogen-bond donors (Lipinski definition) is 1. The first kappa shape index (κ1) is 24.4. The molecule has 2 aromatic rings. The molecule has 176 valence electrons. The van der Waals surface area contributed by atoms with Crippen molar-refractivity contribution < 1.29 is 26.3 Å². The Morgan fingerprint density at radius 3 is 1.94 bits per heavy atom. The zero-order valence-corrected chi connectivity index (χ0v) is 18.3. The highest BCUT2D eigenvalue weighted by molar-refractivity contribution is 5.58. The van der Waals surface area contributed by atoms with Crippen molar-refractivity contribution in [3.63, 3.8) is 0 Å². The van der Waals surface area contributed by atoms with Gasteiger partial charge in [-0.15, -0.1) is 0 Å². The van der Waals surface area contributed by atoms with E-state index in [1.54, 1.807) is 0 Å². The quantitative estimate of drug-likeness (QED) is 0.441. The minimum atomic E-state index is -4.84. The second-order valence-electron chi connectivity index (χ2n) is 8.20. The van der Waals surface area contributed by atoms with Gasteiger partial charge in [-0.2, -0.15) is 26.3 Å². The van der Waals surface area contributed by atoms with Gasteiger partial charge in [0, 0.05) is 31.9 Å².